The molecule has 0 amide bonds. The third-order valence-corrected chi connectivity index (χ3v) is 2.39. The van der Waals surface area contributed by atoms with Crippen LogP contribution in [0.2, 0.25) is 0 Å². The van der Waals surface area contributed by atoms with Crippen LogP contribution in [0.4, 0.5) is 4.39 Å². The Bertz CT molecular complexity index is 311. The van der Waals surface area contributed by atoms with Crippen molar-refractivity contribution in [3.63, 3.8) is 0 Å². The van der Waals surface area contributed by atoms with Crippen molar-refractivity contribution in [2.75, 3.05) is 33.4 Å². The first kappa shape index (κ1) is 14.1. The highest BCUT2D eigenvalue weighted by Crippen LogP contribution is 2.07. The predicted octanol–water partition coefficient (Wildman–Crippen LogP) is 1.46. The van der Waals surface area contributed by atoms with Crippen LogP contribution in [0.1, 0.15) is 11.1 Å². The zero-order valence-corrected chi connectivity index (χ0v) is 10.6. The molecule has 0 aliphatic heterocycles. The van der Waals surface area contributed by atoms with Gasteiger partial charge < -0.3 is 15.4 Å². The van der Waals surface area contributed by atoms with Crippen LogP contribution in [0.3, 0.4) is 0 Å². The molecule has 0 unspecified atom stereocenters. The number of halogens is 1. The van der Waals surface area contributed by atoms with E-state index in [1.165, 1.54) is 6.07 Å². The van der Waals surface area contributed by atoms with Gasteiger partial charge in [0.15, 0.2) is 0 Å². The van der Waals surface area contributed by atoms with Gasteiger partial charge in [-0.15, -0.1) is 0 Å². The number of hydrogen-bond donors (Lipinski definition) is 2. The van der Waals surface area contributed by atoms with E-state index in [1.807, 2.05) is 13.0 Å². The molecule has 0 aromatic heterocycles. The molecular formula is C13H21FN2O. The van der Waals surface area contributed by atoms with E-state index in [2.05, 4.69) is 10.6 Å². The minimum Gasteiger partial charge on any atom is -0.383 e. The summed E-state index contributed by atoms with van der Waals surface area (Å²) in [5.74, 6) is -0.167. The molecule has 3 nitrogen and oxygen atoms in total. The minimum absolute atomic E-state index is 0.167. The first-order valence-corrected chi connectivity index (χ1v) is 5.89. The summed E-state index contributed by atoms with van der Waals surface area (Å²) in [4.78, 5) is 0. The topological polar surface area (TPSA) is 33.3 Å². The van der Waals surface area contributed by atoms with Crippen molar-refractivity contribution in [3.05, 3.63) is 35.1 Å². The summed E-state index contributed by atoms with van der Waals surface area (Å²) in [5, 5.41) is 6.50. The molecular weight excluding hydrogens is 219 g/mol. The molecule has 0 saturated carbocycles. The highest BCUT2D eigenvalue weighted by Gasteiger charge is 1.97. The lowest BCUT2D eigenvalue weighted by Crippen LogP contribution is -2.29. The number of benzene rings is 1. The zero-order valence-electron chi connectivity index (χ0n) is 10.6. The molecule has 0 spiro atoms. The Morgan fingerprint density at radius 1 is 1.12 bits per heavy atom. The number of rotatable bonds is 8. The van der Waals surface area contributed by atoms with Crippen LogP contribution in [-0.4, -0.2) is 33.4 Å². The smallest absolute Gasteiger partial charge is 0.123 e. The average Bonchev–Trinajstić information content (AvgIpc) is 2.26. The molecule has 1 aromatic carbocycles. The third-order valence-electron chi connectivity index (χ3n) is 2.39. The van der Waals surface area contributed by atoms with Gasteiger partial charge in [0.05, 0.1) is 6.61 Å². The van der Waals surface area contributed by atoms with E-state index in [0.29, 0.717) is 6.54 Å². The van der Waals surface area contributed by atoms with E-state index in [-0.39, 0.29) is 5.82 Å². The third kappa shape index (κ3) is 6.36. The van der Waals surface area contributed by atoms with Crippen LogP contribution in [0, 0.1) is 12.7 Å². The maximum atomic E-state index is 13.1. The van der Waals surface area contributed by atoms with Gasteiger partial charge in [-0.1, -0.05) is 6.07 Å². The van der Waals surface area contributed by atoms with E-state index >= 15 is 0 Å². The molecule has 0 saturated heterocycles. The number of nitrogens with one attached hydrogen (secondary N) is 2. The van der Waals surface area contributed by atoms with Crippen molar-refractivity contribution >= 4 is 0 Å². The number of ether oxygens (including phenoxy) is 1. The SMILES string of the molecule is COCCNCCNCc1cc(C)cc(F)c1. The molecule has 2 N–H and O–H groups in total. The van der Waals surface area contributed by atoms with Gasteiger partial charge in [0.2, 0.25) is 0 Å². The van der Waals surface area contributed by atoms with Crippen LogP contribution in [-0.2, 0) is 11.3 Å². The molecule has 1 aromatic rings. The minimum atomic E-state index is -0.167. The lowest BCUT2D eigenvalue weighted by atomic mass is 10.1. The molecule has 0 aliphatic rings. The molecule has 0 radical (unpaired) electrons. The van der Waals surface area contributed by atoms with E-state index in [9.17, 15) is 4.39 Å². The first-order valence-electron chi connectivity index (χ1n) is 5.89. The Balaban J connectivity index is 2.13. The van der Waals surface area contributed by atoms with Crippen molar-refractivity contribution in [2.24, 2.45) is 0 Å². The normalized spacial score (nSPS) is 10.8. The van der Waals surface area contributed by atoms with Crippen molar-refractivity contribution in [1.82, 2.24) is 10.6 Å². The summed E-state index contributed by atoms with van der Waals surface area (Å²) in [6, 6.07) is 5.10. The van der Waals surface area contributed by atoms with Crippen LogP contribution < -0.4 is 10.6 Å². The molecule has 0 heterocycles. The second-order valence-corrected chi connectivity index (χ2v) is 4.06. The van der Waals surface area contributed by atoms with Crippen LogP contribution in [0.25, 0.3) is 0 Å². The second-order valence-electron chi connectivity index (χ2n) is 4.06. The van der Waals surface area contributed by atoms with E-state index in [0.717, 1.165) is 37.4 Å². The summed E-state index contributed by atoms with van der Waals surface area (Å²) < 4.78 is 18.0. The Morgan fingerprint density at radius 2 is 1.88 bits per heavy atom. The fourth-order valence-electron chi connectivity index (χ4n) is 1.62. The predicted molar refractivity (Wildman–Crippen MR) is 67.6 cm³/mol. The van der Waals surface area contributed by atoms with Crippen LogP contribution in [0.5, 0.6) is 0 Å². The summed E-state index contributed by atoms with van der Waals surface area (Å²) in [6.07, 6.45) is 0. The van der Waals surface area contributed by atoms with Gasteiger partial charge in [0, 0.05) is 33.3 Å². The Kier molecular flexibility index (Phi) is 6.77. The lowest BCUT2D eigenvalue weighted by molar-refractivity contribution is 0.199. The van der Waals surface area contributed by atoms with Gasteiger partial charge in [0.25, 0.3) is 0 Å². The summed E-state index contributed by atoms with van der Waals surface area (Å²) >= 11 is 0. The molecule has 0 fully saturated rings. The largest absolute Gasteiger partial charge is 0.383 e. The molecule has 1 rings (SSSR count). The first-order chi connectivity index (χ1) is 8.22. The fourth-order valence-corrected chi connectivity index (χ4v) is 1.62. The van der Waals surface area contributed by atoms with E-state index in [1.54, 1.807) is 13.2 Å². The molecule has 0 atom stereocenters. The van der Waals surface area contributed by atoms with Crippen LogP contribution in [0.15, 0.2) is 18.2 Å². The average molecular weight is 240 g/mol. The Morgan fingerprint density at radius 3 is 2.59 bits per heavy atom. The van der Waals surface area contributed by atoms with Gasteiger partial charge in [0.1, 0.15) is 5.82 Å². The maximum Gasteiger partial charge on any atom is 0.123 e. The van der Waals surface area contributed by atoms with Gasteiger partial charge in [-0.3, -0.25) is 0 Å². The Hall–Kier alpha value is -0.970. The number of aryl methyl sites for hydroxylation is 1. The van der Waals surface area contributed by atoms with Crippen molar-refractivity contribution in [1.29, 1.82) is 0 Å². The van der Waals surface area contributed by atoms with Gasteiger partial charge in [-0.2, -0.15) is 0 Å². The van der Waals surface area contributed by atoms with E-state index < -0.39 is 0 Å². The quantitative estimate of drug-likeness (QED) is 0.675. The standard InChI is InChI=1S/C13H21FN2O/c1-11-7-12(9-13(14)8-11)10-16-4-3-15-5-6-17-2/h7-9,15-16H,3-6,10H2,1-2H3. The molecule has 17 heavy (non-hydrogen) atoms. The highest BCUT2D eigenvalue weighted by atomic mass is 19.1. The molecule has 4 heteroatoms. The van der Waals surface area contributed by atoms with Gasteiger partial charge in [-0.05, 0) is 30.2 Å². The second kappa shape index (κ2) is 8.17. The van der Waals surface area contributed by atoms with Gasteiger partial charge >= 0.3 is 0 Å². The zero-order chi connectivity index (χ0) is 12.5. The highest BCUT2D eigenvalue weighted by molar-refractivity contribution is 5.23. The van der Waals surface area contributed by atoms with Crippen molar-refractivity contribution < 1.29 is 9.13 Å². The number of methoxy groups -OCH3 is 1. The number of hydrogen-bond acceptors (Lipinski definition) is 3. The Labute approximate surface area is 102 Å². The van der Waals surface area contributed by atoms with Crippen molar-refractivity contribution in [2.45, 2.75) is 13.5 Å². The van der Waals surface area contributed by atoms with E-state index in [4.69, 9.17) is 4.74 Å². The summed E-state index contributed by atoms with van der Waals surface area (Å²) in [5.41, 5.74) is 1.94. The molecule has 0 aliphatic carbocycles. The molecule has 96 valence electrons. The molecule has 0 bridgehead atoms. The summed E-state index contributed by atoms with van der Waals surface area (Å²) in [6.45, 7) is 5.93. The summed E-state index contributed by atoms with van der Waals surface area (Å²) in [7, 11) is 1.69. The van der Waals surface area contributed by atoms with Crippen LogP contribution >= 0.6 is 0 Å². The lowest BCUT2D eigenvalue weighted by Gasteiger charge is -2.07. The fraction of sp³-hybridized carbons (Fsp3) is 0.538. The monoisotopic (exact) mass is 240 g/mol. The van der Waals surface area contributed by atoms with Gasteiger partial charge in [-0.25, -0.2) is 4.39 Å². The maximum absolute atomic E-state index is 13.1. The van der Waals surface area contributed by atoms with Crippen molar-refractivity contribution in [3.8, 4) is 0 Å².